The van der Waals surface area contributed by atoms with Crippen molar-refractivity contribution in [2.45, 2.75) is 19.5 Å². The second-order valence-electron chi connectivity index (χ2n) is 7.58. The first-order chi connectivity index (χ1) is 15.1. The Morgan fingerprint density at radius 1 is 1.06 bits per heavy atom. The maximum absolute atomic E-state index is 13.4. The van der Waals surface area contributed by atoms with Gasteiger partial charge in [0.1, 0.15) is 11.5 Å². The molecule has 160 valence electrons. The average Bonchev–Trinajstić information content (AvgIpc) is 3.24. The van der Waals surface area contributed by atoms with E-state index in [-0.39, 0.29) is 17.6 Å². The number of hydrogen-bond acceptors (Lipinski definition) is 4. The quantitative estimate of drug-likeness (QED) is 0.616. The highest BCUT2D eigenvalue weighted by molar-refractivity contribution is 5.79. The number of ether oxygens (including phenoxy) is 1. The summed E-state index contributed by atoms with van der Waals surface area (Å²) in [6.45, 7) is 2.62. The predicted molar refractivity (Wildman–Crippen MR) is 112 cm³/mol. The highest BCUT2D eigenvalue weighted by atomic mass is 19.2. The third kappa shape index (κ3) is 5.64. The number of aromatic nitrogens is 1. The minimum atomic E-state index is -0.946. The van der Waals surface area contributed by atoms with Crippen molar-refractivity contribution in [2.75, 3.05) is 13.1 Å². The van der Waals surface area contributed by atoms with Crippen LogP contribution in [0.15, 0.2) is 66.9 Å². The summed E-state index contributed by atoms with van der Waals surface area (Å²) in [6, 6.07) is 16.6. The van der Waals surface area contributed by atoms with Crippen molar-refractivity contribution in [3.8, 4) is 11.5 Å². The lowest BCUT2D eigenvalue weighted by atomic mass is 10.1. The molecule has 0 spiro atoms. The van der Waals surface area contributed by atoms with E-state index in [0.29, 0.717) is 25.4 Å². The van der Waals surface area contributed by atoms with Gasteiger partial charge in [0.25, 0.3) is 0 Å². The minimum absolute atomic E-state index is 0.0450. The topological polar surface area (TPSA) is 54.5 Å². The Kier molecular flexibility index (Phi) is 6.52. The van der Waals surface area contributed by atoms with Gasteiger partial charge in [0, 0.05) is 25.4 Å². The second-order valence-corrected chi connectivity index (χ2v) is 7.58. The van der Waals surface area contributed by atoms with E-state index in [1.165, 1.54) is 6.07 Å². The van der Waals surface area contributed by atoms with Crippen LogP contribution in [0.25, 0.3) is 0 Å². The number of hydrogen-bond donors (Lipinski definition) is 1. The molecular formula is C24H23F2N3O2. The van der Waals surface area contributed by atoms with Crippen molar-refractivity contribution < 1.29 is 18.3 Å². The van der Waals surface area contributed by atoms with Crippen molar-refractivity contribution in [1.82, 2.24) is 15.2 Å². The van der Waals surface area contributed by atoms with Gasteiger partial charge in [-0.1, -0.05) is 18.2 Å². The molecule has 0 radical (unpaired) electrons. The molecular weight excluding hydrogens is 400 g/mol. The minimum Gasteiger partial charge on any atom is -0.457 e. The number of rotatable bonds is 7. The highest BCUT2D eigenvalue weighted by Gasteiger charge is 2.28. The molecule has 0 aliphatic carbocycles. The second kappa shape index (κ2) is 9.66. The number of likely N-dealkylation sites (tertiary alicyclic amines) is 1. The predicted octanol–water partition coefficient (Wildman–Crippen LogP) is 4.29. The van der Waals surface area contributed by atoms with Crippen molar-refractivity contribution in [3.05, 3.63) is 89.8 Å². The Labute approximate surface area is 179 Å². The number of carbonyl (C=O) groups is 1. The van der Waals surface area contributed by atoms with Gasteiger partial charge in [0.15, 0.2) is 11.6 Å². The number of benzene rings is 2. The lowest BCUT2D eigenvalue weighted by Gasteiger charge is -2.17. The van der Waals surface area contributed by atoms with E-state index in [9.17, 15) is 13.6 Å². The Bertz CT molecular complexity index is 1050. The number of amides is 1. The van der Waals surface area contributed by atoms with E-state index in [0.717, 1.165) is 36.4 Å². The lowest BCUT2D eigenvalue weighted by molar-refractivity contribution is -0.124. The van der Waals surface area contributed by atoms with E-state index < -0.39 is 11.6 Å². The molecule has 31 heavy (non-hydrogen) atoms. The molecule has 5 nitrogen and oxygen atoms in total. The van der Waals surface area contributed by atoms with Gasteiger partial charge in [-0.25, -0.2) is 8.78 Å². The zero-order valence-electron chi connectivity index (χ0n) is 16.9. The van der Waals surface area contributed by atoms with Crippen LogP contribution in [0.5, 0.6) is 11.5 Å². The fourth-order valence-corrected chi connectivity index (χ4v) is 3.66. The smallest absolute Gasteiger partial charge is 0.224 e. The summed E-state index contributed by atoms with van der Waals surface area (Å²) >= 11 is 0. The van der Waals surface area contributed by atoms with Crippen LogP contribution in [-0.4, -0.2) is 28.9 Å². The summed E-state index contributed by atoms with van der Waals surface area (Å²) in [6.07, 6.45) is 2.52. The molecule has 1 atom stereocenters. The molecule has 1 saturated heterocycles. The van der Waals surface area contributed by atoms with Gasteiger partial charge in [0.2, 0.25) is 5.91 Å². The van der Waals surface area contributed by atoms with Gasteiger partial charge >= 0.3 is 0 Å². The molecule has 2 heterocycles. The van der Waals surface area contributed by atoms with Crippen LogP contribution >= 0.6 is 0 Å². The first-order valence-corrected chi connectivity index (χ1v) is 10.2. The normalized spacial score (nSPS) is 16.3. The molecule has 1 fully saturated rings. The van der Waals surface area contributed by atoms with Gasteiger partial charge in [-0.2, -0.15) is 0 Å². The van der Waals surface area contributed by atoms with Crippen molar-refractivity contribution in [1.29, 1.82) is 0 Å². The summed E-state index contributed by atoms with van der Waals surface area (Å²) in [5.74, 6) is -1.07. The summed E-state index contributed by atoms with van der Waals surface area (Å²) in [5, 5.41) is 2.96. The number of nitrogens with zero attached hydrogens (tertiary/aromatic N) is 2. The SMILES string of the molecule is O=C(NCc1ccccn1)C1CCN(Cc2cccc(Oc3ccc(F)c(F)c3)c2)C1. The third-order valence-electron chi connectivity index (χ3n) is 5.24. The van der Waals surface area contributed by atoms with Crippen molar-refractivity contribution in [3.63, 3.8) is 0 Å². The van der Waals surface area contributed by atoms with Gasteiger partial charge in [-0.05, 0) is 54.9 Å². The number of pyridine rings is 1. The van der Waals surface area contributed by atoms with E-state index in [2.05, 4.69) is 15.2 Å². The molecule has 1 amide bonds. The van der Waals surface area contributed by atoms with Gasteiger partial charge < -0.3 is 10.1 Å². The zero-order valence-corrected chi connectivity index (χ0v) is 16.9. The molecule has 3 aromatic rings. The Morgan fingerprint density at radius 3 is 2.74 bits per heavy atom. The average molecular weight is 423 g/mol. The maximum atomic E-state index is 13.4. The molecule has 0 saturated carbocycles. The lowest BCUT2D eigenvalue weighted by Crippen LogP contribution is -2.32. The van der Waals surface area contributed by atoms with Crippen LogP contribution < -0.4 is 10.1 Å². The summed E-state index contributed by atoms with van der Waals surface area (Å²) < 4.78 is 32.1. The van der Waals surface area contributed by atoms with Gasteiger partial charge in [-0.3, -0.25) is 14.7 Å². The van der Waals surface area contributed by atoms with Gasteiger partial charge in [-0.15, -0.1) is 0 Å². The third-order valence-corrected chi connectivity index (χ3v) is 5.24. The zero-order chi connectivity index (χ0) is 21.6. The van der Waals surface area contributed by atoms with Crippen LogP contribution in [0, 0.1) is 17.6 Å². The standard InChI is InChI=1S/C24H23F2N3O2/c25-22-8-7-21(13-23(22)26)31-20-6-3-4-17(12-20)15-29-11-9-18(16-29)24(30)28-14-19-5-1-2-10-27-19/h1-8,10,12-13,18H,9,11,14-16H2,(H,28,30). The van der Waals surface area contributed by atoms with Crippen LogP contribution in [-0.2, 0) is 17.9 Å². The highest BCUT2D eigenvalue weighted by Crippen LogP contribution is 2.25. The molecule has 1 unspecified atom stereocenters. The number of nitrogens with one attached hydrogen (secondary N) is 1. The molecule has 1 aromatic heterocycles. The Hall–Kier alpha value is -3.32. The van der Waals surface area contributed by atoms with Crippen LogP contribution in [0.1, 0.15) is 17.7 Å². The van der Waals surface area contributed by atoms with E-state index in [1.54, 1.807) is 12.3 Å². The van der Waals surface area contributed by atoms with Crippen LogP contribution in [0.4, 0.5) is 8.78 Å². The first kappa shape index (κ1) is 20.9. The Morgan fingerprint density at radius 2 is 1.94 bits per heavy atom. The fourth-order valence-electron chi connectivity index (χ4n) is 3.66. The summed E-state index contributed by atoms with van der Waals surface area (Å²) in [4.78, 5) is 18.9. The van der Waals surface area contributed by atoms with E-state index >= 15 is 0 Å². The number of halogens is 2. The molecule has 4 rings (SSSR count). The van der Waals surface area contributed by atoms with Crippen LogP contribution in [0.3, 0.4) is 0 Å². The number of carbonyl (C=O) groups excluding carboxylic acids is 1. The Balaban J connectivity index is 1.30. The summed E-state index contributed by atoms with van der Waals surface area (Å²) in [5.41, 5.74) is 1.86. The van der Waals surface area contributed by atoms with E-state index in [1.807, 2.05) is 36.4 Å². The molecule has 1 aliphatic heterocycles. The maximum Gasteiger partial charge on any atom is 0.224 e. The van der Waals surface area contributed by atoms with E-state index in [4.69, 9.17) is 4.74 Å². The van der Waals surface area contributed by atoms with Crippen LogP contribution in [0.2, 0.25) is 0 Å². The molecule has 1 aliphatic rings. The molecule has 7 heteroatoms. The molecule has 2 aromatic carbocycles. The first-order valence-electron chi connectivity index (χ1n) is 10.2. The monoisotopic (exact) mass is 423 g/mol. The van der Waals surface area contributed by atoms with Crippen molar-refractivity contribution >= 4 is 5.91 Å². The van der Waals surface area contributed by atoms with Crippen molar-refractivity contribution in [2.24, 2.45) is 5.92 Å². The van der Waals surface area contributed by atoms with Gasteiger partial charge in [0.05, 0.1) is 18.2 Å². The fraction of sp³-hybridized carbons (Fsp3) is 0.250. The summed E-state index contributed by atoms with van der Waals surface area (Å²) in [7, 11) is 0. The molecule has 1 N–H and O–H groups in total. The molecule has 0 bridgehead atoms. The largest absolute Gasteiger partial charge is 0.457 e.